The minimum atomic E-state index is -0.386. The van der Waals surface area contributed by atoms with Gasteiger partial charge in [-0.25, -0.2) is 5.10 Å². The van der Waals surface area contributed by atoms with Gasteiger partial charge in [-0.15, -0.1) is 0 Å². The third kappa shape index (κ3) is 3.01. The second-order valence-corrected chi connectivity index (χ2v) is 3.08. The number of aromatic nitrogens is 2. The summed E-state index contributed by atoms with van der Waals surface area (Å²) in [5, 5.41) is 9.00. The molecule has 0 aliphatic carbocycles. The Morgan fingerprint density at radius 3 is 3.21 bits per heavy atom. The van der Waals surface area contributed by atoms with Gasteiger partial charge in [0.2, 0.25) is 0 Å². The number of halogens is 1. The normalized spacial score (nSPS) is 10.1. The molecular formula is C8H12ClN3O2. The molecule has 0 saturated carbocycles. The van der Waals surface area contributed by atoms with Crippen LogP contribution < -0.4 is 10.9 Å². The molecule has 1 rings (SSSR count). The number of ether oxygens (including phenoxy) is 1. The molecule has 0 aliphatic heterocycles. The lowest BCUT2D eigenvalue weighted by molar-refractivity contribution is 0.198. The van der Waals surface area contributed by atoms with Crippen molar-refractivity contribution in [3.63, 3.8) is 0 Å². The van der Waals surface area contributed by atoms with Gasteiger partial charge in [0.15, 0.2) is 0 Å². The SMILES string of the molecule is COCCCNc1cn[nH]c(=O)c1Cl. The molecule has 0 radical (unpaired) electrons. The van der Waals surface area contributed by atoms with E-state index in [-0.39, 0.29) is 10.6 Å². The molecule has 0 aliphatic rings. The van der Waals surface area contributed by atoms with Crippen molar-refractivity contribution in [3.8, 4) is 0 Å². The fourth-order valence-electron chi connectivity index (χ4n) is 0.946. The quantitative estimate of drug-likeness (QED) is 0.719. The number of aromatic amines is 1. The van der Waals surface area contributed by atoms with Gasteiger partial charge in [0, 0.05) is 20.3 Å². The Morgan fingerprint density at radius 2 is 2.50 bits per heavy atom. The molecule has 1 aromatic rings. The third-order valence-corrected chi connectivity index (χ3v) is 2.01. The number of H-pyrrole nitrogens is 1. The van der Waals surface area contributed by atoms with Crippen molar-refractivity contribution >= 4 is 17.3 Å². The minimum absolute atomic E-state index is 0.136. The van der Waals surface area contributed by atoms with E-state index in [9.17, 15) is 4.79 Å². The largest absolute Gasteiger partial charge is 0.385 e. The van der Waals surface area contributed by atoms with Crippen LogP contribution in [0.3, 0.4) is 0 Å². The van der Waals surface area contributed by atoms with Gasteiger partial charge >= 0.3 is 0 Å². The fourth-order valence-corrected chi connectivity index (χ4v) is 1.10. The predicted molar refractivity (Wildman–Crippen MR) is 54.9 cm³/mol. The number of nitrogens with one attached hydrogen (secondary N) is 2. The number of hydrogen-bond acceptors (Lipinski definition) is 4. The van der Waals surface area contributed by atoms with Crippen LogP contribution in [-0.2, 0) is 4.74 Å². The zero-order chi connectivity index (χ0) is 10.4. The van der Waals surface area contributed by atoms with Gasteiger partial charge in [-0.1, -0.05) is 11.6 Å². The van der Waals surface area contributed by atoms with Crippen molar-refractivity contribution in [1.29, 1.82) is 0 Å². The van der Waals surface area contributed by atoms with Gasteiger partial charge in [-0.05, 0) is 6.42 Å². The molecule has 0 amide bonds. The van der Waals surface area contributed by atoms with E-state index in [4.69, 9.17) is 16.3 Å². The highest BCUT2D eigenvalue weighted by atomic mass is 35.5. The summed E-state index contributed by atoms with van der Waals surface area (Å²) < 4.78 is 4.88. The smallest absolute Gasteiger partial charge is 0.285 e. The maximum atomic E-state index is 11.0. The molecule has 0 bridgehead atoms. The van der Waals surface area contributed by atoms with E-state index >= 15 is 0 Å². The highest BCUT2D eigenvalue weighted by Crippen LogP contribution is 2.13. The second kappa shape index (κ2) is 5.62. The van der Waals surface area contributed by atoms with Crippen LogP contribution in [0.2, 0.25) is 5.02 Å². The number of anilines is 1. The number of rotatable bonds is 5. The number of methoxy groups -OCH3 is 1. The molecule has 0 aromatic carbocycles. The van der Waals surface area contributed by atoms with E-state index in [0.29, 0.717) is 18.8 Å². The lowest BCUT2D eigenvalue weighted by Gasteiger charge is -2.05. The average Bonchev–Trinajstić information content (AvgIpc) is 2.19. The Bertz CT molecular complexity index is 340. The summed E-state index contributed by atoms with van der Waals surface area (Å²) in [6.45, 7) is 1.36. The molecular weight excluding hydrogens is 206 g/mol. The highest BCUT2D eigenvalue weighted by Gasteiger charge is 2.02. The summed E-state index contributed by atoms with van der Waals surface area (Å²) in [6.07, 6.45) is 2.33. The van der Waals surface area contributed by atoms with Gasteiger partial charge < -0.3 is 10.1 Å². The van der Waals surface area contributed by atoms with Gasteiger partial charge in [-0.3, -0.25) is 4.79 Å². The zero-order valence-electron chi connectivity index (χ0n) is 7.84. The van der Waals surface area contributed by atoms with E-state index in [1.807, 2.05) is 0 Å². The predicted octanol–water partition coefficient (Wildman–Crippen LogP) is 0.872. The molecule has 1 heterocycles. The first-order chi connectivity index (χ1) is 6.75. The van der Waals surface area contributed by atoms with Crippen LogP contribution >= 0.6 is 11.6 Å². The summed E-state index contributed by atoms with van der Waals surface area (Å²) in [7, 11) is 1.64. The van der Waals surface area contributed by atoms with Crippen molar-refractivity contribution in [2.45, 2.75) is 6.42 Å². The van der Waals surface area contributed by atoms with E-state index in [2.05, 4.69) is 15.5 Å². The molecule has 0 unspecified atom stereocenters. The molecule has 6 heteroatoms. The maximum Gasteiger partial charge on any atom is 0.285 e. The first kappa shape index (κ1) is 11.0. The number of nitrogens with zero attached hydrogens (tertiary/aromatic N) is 1. The molecule has 0 spiro atoms. The van der Waals surface area contributed by atoms with Crippen molar-refractivity contribution in [3.05, 3.63) is 21.6 Å². The second-order valence-electron chi connectivity index (χ2n) is 2.70. The van der Waals surface area contributed by atoms with Gasteiger partial charge in [0.05, 0.1) is 11.9 Å². The van der Waals surface area contributed by atoms with Crippen LogP contribution in [0.25, 0.3) is 0 Å². The standard InChI is InChI=1S/C8H12ClN3O2/c1-14-4-2-3-10-6-5-11-12-8(13)7(6)9/h5H,2-4H2,1H3,(H2,10,12,13). The van der Waals surface area contributed by atoms with E-state index in [0.717, 1.165) is 6.42 Å². The summed E-state index contributed by atoms with van der Waals surface area (Å²) in [5.41, 5.74) is 0.162. The van der Waals surface area contributed by atoms with Crippen LogP contribution in [0.1, 0.15) is 6.42 Å². The van der Waals surface area contributed by atoms with Crippen molar-refractivity contribution in [1.82, 2.24) is 10.2 Å². The molecule has 14 heavy (non-hydrogen) atoms. The molecule has 5 nitrogen and oxygen atoms in total. The Morgan fingerprint density at radius 1 is 1.71 bits per heavy atom. The summed E-state index contributed by atoms with van der Waals surface area (Å²) in [4.78, 5) is 11.0. The van der Waals surface area contributed by atoms with Crippen molar-refractivity contribution in [2.75, 3.05) is 25.6 Å². The lowest BCUT2D eigenvalue weighted by atomic mass is 10.4. The van der Waals surface area contributed by atoms with Crippen LogP contribution in [0.15, 0.2) is 11.0 Å². The fraction of sp³-hybridized carbons (Fsp3) is 0.500. The molecule has 1 aromatic heterocycles. The molecule has 0 saturated heterocycles. The average molecular weight is 218 g/mol. The van der Waals surface area contributed by atoms with E-state index in [1.54, 1.807) is 7.11 Å². The van der Waals surface area contributed by atoms with E-state index < -0.39 is 0 Å². The Kier molecular flexibility index (Phi) is 4.42. The Labute approximate surface area is 86.4 Å². The molecule has 0 atom stereocenters. The Balaban J connectivity index is 2.51. The van der Waals surface area contributed by atoms with Crippen LogP contribution in [0.5, 0.6) is 0 Å². The maximum absolute atomic E-state index is 11.0. The van der Waals surface area contributed by atoms with Crippen molar-refractivity contribution < 1.29 is 4.74 Å². The lowest BCUT2D eigenvalue weighted by Crippen LogP contribution is -2.13. The third-order valence-electron chi connectivity index (χ3n) is 1.64. The highest BCUT2D eigenvalue weighted by molar-refractivity contribution is 6.32. The topological polar surface area (TPSA) is 67.0 Å². The molecule has 0 fully saturated rings. The summed E-state index contributed by atoms with van der Waals surface area (Å²) in [5.74, 6) is 0. The van der Waals surface area contributed by atoms with Gasteiger partial charge in [0.1, 0.15) is 5.02 Å². The van der Waals surface area contributed by atoms with Crippen LogP contribution in [0.4, 0.5) is 5.69 Å². The van der Waals surface area contributed by atoms with Gasteiger partial charge in [-0.2, -0.15) is 5.10 Å². The first-order valence-electron chi connectivity index (χ1n) is 4.21. The minimum Gasteiger partial charge on any atom is -0.385 e. The number of hydrogen-bond donors (Lipinski definition) is 2. The van der Waals surface area contributed by atoms with Crippen LogP contribution in [-0.4, -0.2) is 30.5 Å². The summed E-state index contributed by atoms with van der Waals surface area (Å²) >= 11 is 5.73. The van der Waals surface area contributed by atoms with Crippen LogP contribution in [0, 0.1) is 0 Å². The molecule has 78 valence electrons. The van der Waals surface area contributed by atoms with Gasteiger partial charge in [0.25, 0.3) is 5.56 Å². The molecule has 2 N–H and O–H groups in total. The Hall–Kier alpha value is -1.07. The summed E-state index contributed by atoms with van der Waals surface area (Å²) in [6, 6.07) is 0. The van der Waals surface area contributed by atoms with Crippen molar-refractivity contribution in [2.24, 2.45) is 0 Å². The first-order valence-corrected chi connectivity index (χ1v) is 4.59. The monoisotopic (exact) mass is 217 g/mol. The van der Waals surface area contributed by atoms with E-state index in [1.165, 1.54) is 6.20 Å². The zero-order valence-corrected chi connectivity index (χ0v) is 8.60.